The van der Waals surface area contributed by atoms with Crippen molar-refractivity contribution in [3.8, 4) is 0 Å². The normalized spacial score (nSPS) is 31.6. The minimum absolute atomic E-state index is 0.310. The van der Waals surface area contributed by atoms with Gasteiger partial charge in [0.1, 0.15) is 5.41 Å². The number of carboxylic acid groups (broad SMARTS) is 1. The molecule has 0 amide bonds. The molecule has 0 aromatic carbocycles. The van der Waals surface area contributed by atoms with Crippen molar-refractivity contribution in [2.75, 3.05) is 0 Å². The van der Waals surface area contributed by atoms with E-state index in [1.54, 1.807) is 19.1 Å². The Kier molecular flexibility index (Phi) is 2.71. The largest absolute Gasteiger partial charge is 0.480 e. The van der Waals surface area contributed by atoms with Gasteiger partial charge < -0.3 is 5.11 Å². The highest BCUT2D eigenvalue weighted by atomic mass is 16.4. The lowest BCUT2D eigenvalue weighted by Gasteiger charge is -2.21. The molecule has 0 radical (unpaired) electrons. The molecule has 2 nitrogen and oxygen atoms in total. The second-order valence-electron chi connectivity index (χ2n) is 3.49. The number of hydrogen-bond donors (Lipinski definition) is 1. The molecule has 2 heteroatoms. The first-order valence-corrected chi connectivity index (χ1v) is 4.31. The average Bonchev–Trinajstić information content (AvgIpc) is 2.09. The molecule has 1 aliphatic rings. The maximum Gasteiger partial charge on any atom is 0.317 e. The van der Waals surface area contributed by atoms with Crippen molar-refractivity contribution < 1.29 is 9.90 Å². The summed E-state index contributed by atoms with van der Waals surface area (Å²) in [6.07, 6.45) is 10.0. The first-order chi connectivity index (χ1) is 6.08. The predicted octanol–water partition coefficient (Wildman–Crippen LogP) is 2.40. The molecule has 1 rings (SSSR count). The Balaban J connectivity index is 2.72. The summed E-state index contributed by atoms with van der Waals surface area (Å²) in [6.45, 7) is 5.33. The summed E-state index contributed by atoms with van der Waals surface area (Å²) in [5.41, 5.74) is -0.822. The fraction of sp³-hybridized carbons (Fsp3) is 0.364. The van der Waals surface area contributed by atoms with Gasteiger partial charge in [-0.3, -0.25) is 4.79 Å². The molecule has 0 unspecified atom stereocenters. The van der Waals surface area contributed by atoms with Gasteiger partial charge in [-0.15, -0.1) is 6.58 Å². The van der Waals surface area contributed by atoms with Crippen LogP contribution in [0.4, 0.5) is 0 Å². The molecule has 0 aromatic rings. The maximum absolute atomic E-state index is 10.8. The standard InChI is InChI=1S/C11H14O2/c1-3-4-9-5-7-11(2,8-6-9)10(12)13/h3,5-9H,1,4H2,2H3,(H,12,13). The Morgan fingerprint density at radius 2 is 2.15 bits per heavy atom. The van der Waals surface area contributed by atoms with Crippen molar-refractivity contribution in [2.45, 2.75) is 13.3 Å². The lowest BCUT2D eigenvalue weighted by molar-refractivity contribution is -0.142. The highest BCUT2D eigenvalue weighted by Crippen LogP contribution is 2.28. The lowest BCUT2D eigenvalue weighted by Crippen LogP contribution is -2.24. The quantitative estimate of drug-likeness (QED) is 0.674. The van der Waals surface area contributed by atoms with Gasteiger partial charge in [-0.25, -0.2) is 0 Å². The van der Waals surface area contributed by atoms with Crippen LogP contribution in [-0.4, -0.2) is 11.1 Å². The number of aliphatic carboxylic acids is 1. The zero-order chi connectivity index (χ0) is 9.90. The molecule has 0 saturated heterocycles. The van der Waals surface area contributed by atoms with Gasteiger partial charge in [0, 0.05) is 0 Å². The zero-order valence-corrected chi connectivity index (χ0v) is 7.73. The summed E-state index contributed by atoms with van der Waals surface area (Å²) < 4.78 is 0. The van der Waals surface area contributed by atoms with Crippen LogP contribution in [0.5, 0.6) is 0 Å². The number of allylic oxidation sites excluding steroid dienone is 3. The van der Waals surface area contributed by atoms with Gasteiger partial charge in [0.15, 0.2) is 0 Å². The number of carboxylic acids is 1. The van der Waals surface area contributed by atoms with E-state index in [0.29, 0.717) is 5.92 Å². The van der Waals surface area contributed by atoms with Crippen molar-refractivity contribution >= 4 is 5.97 Å². The van der Waals surface area contributed by atoms with E-state index in [2.05, 4.69) is 6.58 Å². The van der Waals surface area contributed by atoms with E-state index in [4.69, 9.17) is 5.11 Å². The smallest absolute Gasteiger partial charge is 0.317 e. The summed E-state index contributed by atoms with van der Waals surface area (Å²) in [4.78, 5) is 10.8. The van der Waals surface area contributed by atoms with Crippen LogP contribution in [0.2, 0.25) is 0 Å². The molecule has 1 aliphatic carbocycles. The molecule has 1 N–H and O–H groups in total. The van der Waals surface area contributed by atoms with E-state index < -0.39 is 11.4 Å². The third-order valence-corrected chi connectivity index (χ3v) is 2.28. The summed E-state index contributed by atoms with van der Waals surface area (Å²) in [5.74, 6) is -0.498. The first kappa shape index (κ1) is 9.78. The Hall–Kier alpha value is -1.31. The fourth-order valence-corrected chi connectivity index (χ4v) is 1.26. The monoisotopic (exact) mass is 178 g/mol. The van der Waals surface area contributed by atoms with Gasteiger partial charge in [0.05, 0.1) is 0 Å². The highest BCUT2D eigenvalue weighted by molar-refractivity contribution is 5.79. The van der Waals surface area contributed by atoms with E-state index in [0.717, 1.165) is 6.42 Å². The zero-order valence-electron chi connectivity index (χ0n) is 7.73. The van der Waals surface area contributed by atoms with Crippen molar-refractivity contribution in [3.05, 3.63) is 37.0 Å². The molecule has 0 fully saturated rings. The van der Waals surface area contributed by atoms with Crippen LogP contribution < -0.4 is 0 Å². The Labute approximate surface area is 78.3 Å². The van der Waals surface area contributed by atoms with Crippen molar-refractivity contribution in [1.82, 2.24) is 0 Å². The number of hydrogen-bond acceptors (Lipinski definition) is 1. The molecule has 0 spiro atoms. The second-order valence-corrected chi connectivity index (χ2v) is 3.49. The van der Waals surface area contributed by atoms with Crippen LogP contribution in [0.25, 0.3) is 0 Å². The Bertz CT molecular complexity index is 260. The molecule has 0 saturated carbocycles. The molecule has 0 aromatic heterocycles. The minimum Gasteiger partial charge on any atom is -0.480 e. The van der Waals surface area contributed by atoms with Crippen LogP contribution in [-0.2, 0) is 4.79 Å². The SMILES string of the molecule is C=CCC1C=CC(C)(C(=O)O)C=C1. The molecule has 13 heavy (non-hydrogen) atoms. The lowest BCUT2D eigenvalue weighted by atomic mass is 9.83. The molecule has 0 bridgehead atoms. The van der Waals surface area contributed by atoms with Crippen molar-refractivity contribution in [3.63, 3.8) is 0 Å². The van der Waals surface area contributed by atoms with Crippen LogP contribution in [0, 0.1) is 11.3 Å². The van der Waals surface area contributed by atoms with E-state index in [1.807, 2.05) is 18.2 Å². The van der Waals surface area contributed by atoms with Gasteiger partial charge in [-0.05, 0) is 19.3 Å². The summed E-state index contributed by atoms with van der Waals surface area (Å²) >= 11 is 0. The van der Waals surface area contributed by atoms with E-state index in [-0.39, 0.29) is 0 Å². The summed E-state index contributed by atoms with van der Waals surface area (Å²) in [6, 6.07) is 0. The molecule has 0 atom stereocenters. The van der Waals surface area contributed by atoms with Gasteiger partial charge in [-0.2, -0.15) is 0 Å². The number of carbonyl (C=O) groups is 1. The molecule has 70 valence electrons. The van der Waals surface area contributed by atoms with Gasteiger partial charge in [0.2, 0.25) is 0 Å². The molecule has 0 aliphatic heterocycles. The molecular formula is C11H14O2. The van der Waals surface area contributed by atoms with E-state index >= 15 is 0 Å². The second kappa shape index (κ2) is 3.60. The first-order valence-electron chi connectivity index (χ1n) is 4.31. The van der Waals surface area contributed by atoms with Crippen LogP contribution in [0.1, 0.15) is 13.3 Å². The van der Waals surface area contributed by atoms with Crippen LogP contribution in [0.15, 0.2) is 37.0 Å². The predicted molar refractivity (Wildman–Crippen MR) is 52.3 cm³/mol. The Morgan fingerprint density at radius 3 is 2.54 bits per heavy atom. The van der Waals surface area contributed by atoms with Crippen LogP contribution >= 0.6 is 0 Å². The van der Waals surface area contributed by atoms with Gasteiger partial charge in [-0.1, -0.05) is 30.4 Å². The minimum atomic E-state index is -0.822. The topological polar surface area (TPSA) is 37.3 Å². The van der Waals surface area contributed by atoms with Crippen molar-refractivity contribution in [2.24, 2.45) is 11.3 Å². The summed E-state index contributed by atoms with van der Waals surface area (Å²) in [5, 5.41) is 8.89. The van der Waals surface area contributed by atoms with Gasteiger partial charge >= 0.3 is 5.97 Å². The molecular weight excluding hydrogens is 164 g/mol. The van der Waals surface area contributed by atoms with E-state index in [1.165, 1.54) is 0 Å². The Morgan fingerprint density at radius 1 is 1.62 bits per heavy atom. The third kappa shape index (κ3) is 2.08. The average molecular weight is 178 g/mol. The maximum atomic E-state index is 10.8. The fourth-order valence-electron chi connectivity index (χ4n) is 1.26. The van der Waals surface area contributed by atoms with Crippen LogP contribution in [0.3, 0.4) is 0 Å². The highest BCUT2D eigenvalue weighted by Gasteiger charge is 2.29. The molecule has 0 heterocycles. The van der Waals surface area contributed by atoms with Crippen molar-refractivity contribution in [1.29, 1.82) is 0 Å². The third-order valence-electron chi connectivity index (χ3n) is 2.28. The van der Waals surface area contributed by atoms with E-state index in [9.17, 15) is 4.79 Å². The summed E-state index contributed by atoms with van der Waals surface area (Å²) in [7, 11) is 0. The number of rotatable bonds is 3. The van der Waals surface area contributed by atoms with Gasteiger partial charge in [0.25, 0.3) is 0 Å².